The van der Waals surface area contributed by atoms with Gasteiger partial charge >= 0.3 is 10.8 Å². The van der Waals surface area contributed by atoms with E-state index in [0.29, 0.717) is 17.4 Å². The second kappa shape index (κ2) is 9.49. The molecule has 40 heavy (non-hydrogen) atoms. The van der Waals surface area contributed by atoms with Crippen LogP contribution in [0, 0.1) is 29.6 Å². The number of nitrogens with zero attached hydrogens (tertiary/aromatic N) is 1. The van der Waals surface area contributed by atoms with Gasteiger partial charge in [-0.3, -0.25) is 19.3 Å². The van der Waals surface area contributed by atoms with Crippen LogP contribution in [0.5, 0.6) is 5.75 Å². The monoisotopic (exact) mass is 596 g/mol. The zero-order valence-electron chi connectivity index (χ0n) is 21.3. The van der Waals surface area contributed by atoms with Crippen molar-refractivity contribution in [3.8, 4) is 5.75 Å². The van der Waals surface area contributed by atoms with Crippen molar-refractivity contribution < 1.29 is 24.2 Å². The Hall–Kier alpha value is -3.08. The number of nitrogens with one attached hydrogen (secondary N) is 1. The maximum absolute atomic E-state index is 13.5. The zero-order valence-corrected chi connectivity index (χ0v) is 23.7. The second-order valence-corrected chi connectivity index (χ2v) is 13.6. The minimum Gasteiger partial charge on any atom is -0.489 e. The minimum absolute atomic E-state index is 0.0459. The number of carbonyl (C=O) groups excluding carboxylic acids is 2. The van der Waals surface area contributed by atoms with Crippen LogP contribution in [0.15, 0.2) is 58.4 Å². The quantitative estimate of drug-likeness (QED) is 0.399. The maximum atomic E-state index is 13.5. The van der Waals surface area contributed by atoms with E-state index >= 15 is 0 Å². The van der Waals surface area contributed by atoms with Gasteiger partial charge in [0.15, 0.2) is 0 Å². The number of ether oxygens (including phenoxy) is 1. The lowest BCUT2D eigenvalue weighted by molar-refractivity contribution is -0.154. The van der Waals surface area contributed by atoms with Crippen LogP contribution in [0.1, 0.15) is 35.3 Å². The van der Waals surface area contributed by atoms with E-state index in [1.54, 1.807) is 11.8 Å². The Labute approximate surface area is 242 Å². The van der Waals surface area contributed by atoms with Crippen molar-refractivity contribution in [3.63, 3.8) is 0 Å². The lowest BCUT2D eigenvalue weighted by Gasteiger charge is -2.43. The summed E-state index contributed by atoms with van der Waals surface area (Å²) in [6, 6.07) is 14.2. The van der Waals surface area contributed by atoms with E-state index in [0.717, 1.165) is 32.4 Å². The number of thiazole rings is 1. The van der Waals surface area contributed by atoms with E-state index in [-0.39, 0.29) is 45.6 Å². The van der Waals surface area contributed by atoms with E-state index < -0.39 is 23.8 Å². The van der Waals surface area contributed by atoms with Crippen molar-refractivity contribution in [1.82, 2.24) is 9.88 Å². The first-order chi connectivity index (χ1) is 19.2. The Morgan fingerprint density at radius 3 is 2.55 bits per heavy atom. The normalized spacial score (nSPS) is 30.6. The number of imide groups is 1. The number of likely N-dealkylation sites (tertiary alicyclic amines) is 1. The average molecular weight is 597 g/mol. The van der Waals surface area contributed by atoms with Gasteiger partial charge in [0, 0.05) is 21.1 Å². The Balaban J connectivity index is 1.20. The van der Waals surface area contributed by atoms with E-state index in [2.05, 4.69) is 4.98 Å². The van der Waals surface area contributed by atoms with Crippen molar-refractivity contribution in [2.45, 2.75) is 42.2 Å². The summed E-state index contributed by atoms with van der Waals surface area (Å²) in [5.41, 5.74) is 1.99. The highest BCUT2D eigenvalue weighted by Gasteiger charge is 2.70. The molecule has 3 aromatic rings. The molecule has 3 heterocycles. The fraction of sp³-hybridized carbons (Fsp3) is 0.379. The molecule has 0 radical (unpaired) electrons. The topological polar surface area (TPSA) is 117 Å². The molecule has 7 unspecified atom stereocenters. The van der Waals surface area contributed by atoms with Gasteiger partial charge in [0.2, 0.25) is 11.8 Å². The number of fused-ring (bicyclic) bond motifs is 9. The van der Waals surface area contributed by atoms with Gasteiger partial charge in [-0.15, -0.1) is 11.8 Å². The first kappa shape index (κ1) is 25.9. The van der Waals surface area contributed by atoms with Crippen molar-refractivity contribution >= 4 is 52.5 Å². The highest BCUT2D eigenvalue weighted by molar-refractivity contribution is 8.00. The molecular formula is C29H25ClN2O6S2. The number of amides is 2. The molecule has 1 saturated heterocycles. The highest BCUT2D eigenvalue weighted by Crippen LogP contribution is 2.68. The maximum Gasteiger partial charge on any atom is 0.326 e. The summed E-state index contributed by atoms with van der Waals surface area (Å²) in [6.07, 6.45) is 0.751. The first-order valence-corrected chi connectivity index (χ1v) is 15.3. The number of rotatable bonds is 6. The molecule has 0 spiro atoms. The number of thioether (sulfide) groups is 1. The van der Waals surface area contributed by atoms with Crippen LogP contribution in [0.25, 0.3) is 0 Å². The third kappa shape index (κ3) is 3.87. The number of H-pyrrole nitrogens is 1. The molecule has 2 bridgehead atoms. The van der Waals surface area contributed by atoms with E-state index in [9.17, 15) is 24.3 Å². The molecule has 2 aliphatic heterocycles. The summed E-state index contributed by atoms with van der Waals surface area (Å²) in [5.74, 6) is -2.40. The molecule has 2 amide bonds. The molecule has 7 rings (SSSR count). The van der Waals surface area contributed by atoms with E-state index in [1.165, 1.54) is 18.3 Å². The van der Waals surface area contributed by atoms with Crippen molar-refractivity contribution in [2.24, 2.45) is 29.6 Å². The predicted molar refractivity (Wildman–Crippen MR) is 150 cm³/mol. The third-order valence-corrected chi connectivity index (χ3v) is 11.9. The molecule has 4 aliphatic rings. The Kier molecular flexibility index (Phi) is 6.14. The third-order valence-electron chi connectivity index (χ3n) is 9.04. The number of benzene rings is 2. The van der Waals surface area contributed by atoms with Crippen LogP contribution in [-0.2, 0) is 21.0 Å². The summed E-state index contributed by atoms with van der Waals surface area (Å²) >= 11 is 8.90. The number of aromatic amines is 1. The molecule has 8 nitrogen and oxygen atoms in total. The number of carboxylic acids is 1. The first-order valence-electron chi connectivity index (χ1n) is 13.2. The summed E-state index contributed by atoms with van der Waals surface area (Å²) in [6.45, 7) is 1.77. The van der Waals surface area contributed by atoms with Crippen LogP contribution in [0.2, 0.25) is 5.02 Å². The van der Waals surface area contributed by atoms with Gasteiger partial charge in [0.1, 0.15) is 18.4 Å². The Morgan fingerprint density at radius 1 is 1.12 bits per heavy atom. The van der Waals surface area contributed by atoms with E-state index in [1.807, 2.05) is 48.5 Å². The molecule has 11 heteroatoms. The molecule has 2 aliphatic carbocycles. The van der Waals surface area contributed by atoms with Crippen molar-refractivity contribution in [2.75, 3.05) is 0 Å². The number of aromatic nitrogens is 1. The van der Waals surface area contributed by atoms with Crippen LogP contribution in [-0.4, -0.2) is 44.1 Å². The lowest BCUT2D eigenvalue weighted by atomic mass is 9.68. The molecule has 2 N–H and O–H groups in total. The van der Waals surface area contributed by atoms with Crippen molar-refractivity contribution in [3.05, 3.63) is 79.2 Å². The fourth-order valence-corrected chi connectivity index (χ4v) is 10.6. The SMILES string of the molecule is CC(C(=O)O)N1C(=O)C2C3CC(C2C1=O)C1C3Sc2[nH]c(=O)sc2[C@@H]1c1ccc(OCc2cccc(Cl)c2)cc1. The van der Waals surface area contributed by atoms with Crippen LogP contribution < -0.4 is 9.61 Å². The molecule has 1 aromatic heterocycles. The van der Waals surface area contributed by atoms with Crippen molar-refractivity contribution in [1.29, 1.82) is 0 Å². The second-order valence-electron chi connectivity index (χ2n) is 11.0. The molecular weight excluding hydrogens is 572 g/mol. The molecule has 3 fully saturated rings. The summed E-state index contributed by atoms with van der Waals surface area (Å²) in [5, 5.41) is 11.1. The Morgan fingerprint density at radius 2 is 1.85 bits per heavy atom. The number of carbonyl (C=O) groups is 3. The average Bonchev–Trinajstić information content (AvgIpc) is 3.66. The molecule has 206 valence electrons. The fourth-order valence-electron chi connectivity index (χ4n) is 7.47. The number of halogens is 1. The van der Waals surface area contributed by atoms with Crippen LogP contribution in [0.4, 0.5) is 0 Å². The van der Waals surface area contributed by atoms with Gasteiger partial charge in [-0.25, -0.2) is 4.79 Å². The summed E-state index contributed by atoms with van der Waals surface area (Å²) in [4.78, 5) is 55.9. The highest BCUT2D eigenvalue weighted by atomic mass is 35.5. The lowest BCUT2D eigenvalue weighted by Crippen LogP contribution is -2.44. The molecule has 2 saturated carbocycles. The number of carboxylic acid groups (broad SMARTS) is 1. The van der Waals surface area contributed by atoms with Gasteiger partial charge in [-0.2, -0.15) is 0 Å². The number of aliphatic carboxylic acids is 1. The van der Waals surface area contributed by atoms with Gasteiger partial charge in [0.05, 0.1) is 16.9 Å². The smallest absolute Gasteiger partial charge is 0.326 e. The minimum atomic E-state index is -1.19. The van der Waals surface area contributed by atoms with Gasteiger partial charge in [-0.05, 0) is 66.5 Å². The largest absolute Gasteiger partial charge is 0.489 e. The van der Waals surface area contributed by atoms with Gasteiger partial charge in [-0.1, -0.05) is 47.2 Å². The van der Waals surface area contributed by atoms with Crippen LogP contribution >= 0.6 is 34.7 Å². The van der Waals surface area contributed by atoms with Gasteiger partial charge < -0.3 is 14.8 Å². The number of hydrogen-bond donors (Lipinski definition) is 2. The zero-order chi connectivity index (χ0) is 27.9. The molecule has 8 atom stereocenters. The molecule has 2 aromatic carbocycles. The number of hydrogen-bond acceptors (Lipinski definition) is 7. The predicted octanol–water partition coefficient (Wildman–Crippen LogP) is 4.62. The Bertz CT molecular complexity index is 1600. The standard InChI is InChI=1S/C29H25ClN2O6S2/c1-12(28(35)36)32-26(33)21-17-10-18(22(21)27(32)34)23-20(17)19(24-25(39-23)31-29(37)40-24)14-5-7-16(8-6-14)38-11-13-3-2-4-15(30)9-13/h2-9,12,17-23H,10-11H2,1H3,(H,31,37)(H,35,36)/t12?,17?,18?,19-,20?,21?,22?,23?/m1/s1. The van der Waals surface area contributed by atoms with E-state index in [4.69, 9.17) is 16.3 Å². The summed E-state index contributed by atoms with van der Waals surface area (Å²) < 4.78 is 5.98. The van der Waals surface area contributed by atoms with Crippen LogP contribution in [0.3, 0.4) is 0 Å². The van der Waals surface area contributed by atoms with Gasteiger partial charge in [0.25, 0.3) is 0 Å². The summed E-state index contributed by atoms with van der Waals surface area (Å²) in [7, 11) is 0.